The van der Waals surface area contributed by atoms with Crippen molar-refractivity contribution in [3.8, 4) is 5.69 Å². The Bertz CT molecular complexity index is 789. The molecule has 0 aromatic carbocycles. The van der Waals surface area contributed by atoms with Crippen molar-refractivity contribution in [1.82, 2.24) is 39.9 Å². The number of amides is 1. The van der Waals surface area contributed by atoms with Crippen LogP contribution in [0.1, 0.15) is 22.5 Å². The van der Waals surface area contributed by atoms with Gasteiger partial charge in [-0.15, -0.1) is 16.4 Å². The Morgan fingerprint density at radius 3 is 2.88 bits per heavy atom. The molecule has 10 heteroatoms. The first kappa shape index (κ1) is 14.9. The summed E-state index contributed by atoms with van der Waals surface area (Å²) in [7, 11) is 0. The van der Waals surface area contributed by atoms with Crippen molar-refractivity contribution < 1.29 is 4.79 Å². The van der Waals surface area contributed by atoms with Gasteiger partial charge >= 0.3 is 0 Å². The fourth-order valence-corrected chi connectivity index (χ4v) is 3.81. The van der Waals surface area contributed by atoms with E-state index in [4.69, 9.17) is 0 Å². The van der Waals surface area contributed by atoms with Crippen LogP contribution in [0.3, 0.4) is 0 Å². The van der Waals surface area contributed by atoms with Gasteiger partial charge in [0, 0.05) is 19.6 Å². The summed E-state index contributed by atoms with van der Waals surface area (Å²) in [5.74, 6) is 0.577. The minimum atomic E-state index is 0.0507. The van der Waals surface area contributed by atoms with E-state index >= 15 is 0 Å². The second-order valence-corrected chi connectivity index (χ2v) is 6.66. The Hall–Kier alpha value is -2.62. The summed E-state index contributed by atoms with van der Waals surface area (Å²) >= 11 is 1.42. The molecule has 4 rings (SSSR count). The highest BCUT2D eigenvalue weighted by Gasteiger charge is 2.26. The average molecular weight is 344 g/mol. The van der Waals surface area contributed by atoms with E-state index in [-0.39, 0.29) is 5.91 Å². The quantitative estimate of drug-likeness (QED) is 0.697. The van der Waals surface area contributed by atoms with E-state index in [0.717, 1.165) is 38.2 Å². The number of carbonyl (C=O) groups is 1. The molecule has 3 aromatic heterocycles. The van der Waals surface area contributed by atoms with Crippen molar-refractivity contribution >= 4 is 17.2 Å². The Balaban J connectivity index is 1.41. The Kier molecular flexibility index (Phi) is 4.03. The maximum Gasteiger partial charge on any atom is 0.266 e. The molecule has 0 N–H and O–H groups in total. The van der Waals surface area contributed by atoms with Gasteiger partial charge in [-0.2, -0.15) is 9.78 Å². The Labute approximate surface area is 141 Å². The Morgan fingerprint density at radius 1 is 1.29 bits per heavy atom. The molecule has 1 fully saturated rings. The van der Waals surface area contributed by atoms with Gasteiger partial charge in [0.2, 0.25) is 0 Å². The number of carbonyl (C=O) groups excluding carboxylic acids is 1. The van der Waals surface area contributed by atoms with Gasteiger partial charge in [0.25, 0.3) is 5.91 Å². The summed E-state index contributed by atoms with van der Waals surface area (Å²) in [5.41, 5.74) is 0.736. The highest BCUT2D eigenvalue weighted by molar-refractivity contribution is 7.12. The number of hydrogen-bond acceptors (Lipinski definition) is 7. The number of tetrazole rings is 1. The molecular weight excluding hydrogens is 328 g/mol. The van der Waals surface area contributed by atoms with Crippen LogP contribution in [-0.2, 0) is 6.54 Å². The minimum Gasteiger partial charge on any atom is -0.338 e. The molecule has 1 amide bonds. The summed E-state index contributed by atoms with van der Waals surface area (Å²) in [6.45, 7) is 2.37. The number of thiophene rings is 1. The molecule has 9 nitrogen and oxygen atoms in total. The molecular formula is C14H16N8OS. The molecule has 1 saturated heterocycles. The number of hydrogen-bond donors (Lipinski definition) is 0. The van der Waals surface area contributed by atoms with Crippen LogP contribution in [0.2, 0.25) is 0 Å². The SMILES string of the molecule is O=C(c1sccc1-n1cnnn1)N1CCC(Cn2cncn2)CC1. The lowest BCUT2D eigenvalue weighted by Crippen LogP contribution is -2.39. The van der Waals surface area contributed by atoms with Crippen molar-refractivity contribution in [1.29, 1.82) is 0 Å². The number of rotatable bonds is 4. The molecule has 1 aliphatic heterocycles. The van der Waals surface area contributed by atoms with Crippen molar-refractivity contribution in [2.75, 3.05) is 13.1 Å². The lowest BCUT2D eigenvalue weighted by molar-refractivity contribution is 0.0686. The van der Waals surface area contributed by atoms with Gasteiger partial charge in [-0.25, -0.2) is 4.98 Å². The highest BCUT2D eigenvalue weighted by Crippen LogP contribution is 2.25. The fourth-order valence-electron chi connectivity index (χ4n) is 2.97. The van der Waals surface area contributed by atoms with Gasteiger partial charge in [0.1, 0.15) is 23.9 Å². The average Bonchev–Trinajstić information content (AvgIpc) is 3.36. The van der Waals surface area contributed by atoms with E-state index in [2.05, 4.69) is 25.6 Å². The van der Waals surface area contributed by atoms with Crippen molar-refractivity contribution in [3.63, 3.8) is 0 Å². The van der Waals surface area contributed by atoms with Crippen molar-refractivity contribution in [3.05, 3.63) is 35.3 Å². The van der Waals surface area contributed by atoms with Crippen molar-refractivity contribution in [2.24, 2.45) is 5.92 Å². The van der Waals surface area contributed by atoms with Crippen LogP contribution in [0.15, 0.2) is 30.4 Å². The first-order valence-corrected chi connectivity index (χ1v) is 8.62. The first-order valence-electron chi connectivity index (χ1n) is 7.74. The predicted octanol–water partition coefficient (Wildman–Crippen LogP) is 0.868. The molecule has 0 saturated carbocycles. The lowest BCUT2D eigenvalue weighted by atomic mass is 9.97. The lowest BCUT2D eigenvalue weighted by Gasteiger charge is -2.31. The molecule has 0 atom stereocenters. The van der Waals surface area contributed by atoms with Gasteiger partial charge in [-0.05, 0) is 40.6 Å². The summed E-state index contributed by atoms with van der Waals surface area (Å²) in [4.78, 5) is 19.4. The highest BCUT2D eigenvalue weighted by atomic mass is 32.1. The van der Waals surface area contributed by atoms with E-state index in [1.54, 1.807) is 12.7 Å². The van der Waals surface area contributed by atoms with E-state index in [0.29, 0.717) is 10.8 Å². The van der Waals surface area contributed by atoms with Crippen LogP contribution in [0.4, 0.5) is 0 Å². The van der Waals surface area contributed by atoms with Crippen LogP contribution in [0.5, 0.6) is 0 Å². The zero-order valence-electron chi connectivity index (χ0n) is 12.9. The van der Waals surface area contributed by atoms with Crippen LogP contribution >= 0.6 is 11.3 Å². The molecule has 4 heterocycles. The zero-order chi connectivity index (χ0) is 16.4. The van der Waals surface area contributed by atoms with Gasteiger partial charge in [0.05, 0.1) is 5.69 Å². The first-order chi connectivity index (χ1) is 11.8. The topological polar surface area (TPSA) is 94.6 Å². The summed E-state index contributed by atoms with van der Waals surface area (Å²) in [6, 6.07) is 1.87. The third kappa shape index (κ3) is 2.92. The predicted molar refractivity (Wildman–Crippen MR) is 85.7 cm³/mol. The summed E-state index contributed by atoms with van der Waals surface area (Å²) in [6.07, 6.45) is 6.73. The summed E-state index contributed by atoms with van der Waals surface area (Å²) in [5, 5.41) is 17.2. The molecule has 0 radical (unpaired) electrons. The standard InChI is InChI=1S/C14H16N8OS/c23-14(13-12(3-6-24-13)22-10-16-18-19-22)20-4-1-11(2-5-20)7-21-9-15-8-17-21/h3,6,8-11H,1-2,4-5,7H2. The molecule has 24 heavy (non-hydrogen) atoms. The van der Waals surface area contributed by atoms with Gasteiger partial charge in [0.15, 0.2) is 0 Å². The van der Waals surface area contributed by atoms with Crippen LogP contribution < -0.4 is 0 Å². The number of aromatic nitrogens is 7. The fraction of sp³-hybridized carbons (Fsp3) is 0.429. The minimum absolute atomic E-state index is 0.0507. The summed E-state index contributed by atoms with van der Waals surface area (Å²) < 4.78 is 3.39. The van der Waals surface area contributed by atoms with E-state index < -0.39 is 0 Å². The molecule has 0 spiro atoms. The third-order valence-corrected chi connectivity index (χ3v) is 5.14. The van der Waals surface area contributed by atoms with Crippen molar-refractivity contribution in [2.45, 2.75) is 19.4 Å². The van der Waals surface area contributed by atoms with Crippen LogP contribution in [-0.4, -0.2) is 58.9 Å². The third-order valence-electron chi connectivity index (χ3n) is 4.25. The van der Waals surface area contributed by atoms with Gasteiger partial charge < -0.3 is 4.90 Å². The molecule has 1 aliphatic rings. The molecule has 124 valence electrons. The van der Waals surface area contributed by atoms with Gasteiger partial charge in [-0.3, -0.25) is 9.48 Å². The second kappa shape index (κ2) is 6.48. The number of nitrogens with zero attached hydrogens (tertiary/aromatic N) is 8. The zero-order valence-corrected chi connectivity index (χ0v) is 13.7. The largest absolute Gasteiger partial charge is 0.338 e. The monoisotopic (exact) mass is 344 g/mol. The number of piperidine rings is 1. The maximum absolute atomic E-state index is 12.8. The molecule has 3 aromatic rings. The smallest absolute Gasteiger partial charge is 0.266 e. The van der Waals surface area contributed by atoms with E-state index in [1.165, 1.54) is 22.3 Å². The second-order valence-electron chi connectivity index (χ2n) is 5.74. The normalized spacial score (nSPS) is 15.8. The number of likely N-dealkylation sites (tertiary alicyclic amines) is 1. The Morgan fingerprint density at radius 2 is 2.17 bits per heavy atom. The van der Waals surface area contributed by atoms with E-state index in [9.17, 15) is 4.79 Å². The molecule has 0 aliphatic carbocycles. The van der Waals surface area contributed by atoms with Crippen LogP contribution in [0, 0.1) is 5.92 Å². The maximum atomic E-state index is 12.8. The van der Waals surface area contributed by atoms with Crippen LogP contribution in [0.25, 0.3) is 5.69 Å². The van der Waals surface area contributed by atoms with E-state index in [1.807, 2.05) is 21.0 Å². The molecule has 0 bridgehead atoms. The van der Waals surface area contributed by atoms with Gasteiger partial charge in [-0.1, -0.05) is 0 Å². The molecule has 0 unspecified atom stereocenters.